The van der Waals surface area contributed by atoms with E-state index in [1.54, 1.807) is 24.1 Å². The van der Waals surface area contributed by atoms with E-state index in [4.69, 9.17) is 9.47 Å². The molecule has 2 rings (SSSR count). The van der Waals surface area contributed by atoms with Crippen molar-refractivity contribution in [3.8, 4) is 11.5 Å². The number of rotatable bonds is 4. The molecule has 0 radical (unpaired) electrons. The molecule has 1 aliphatic heterocycles. The van der Waals surface area contributed by atoms with Crippen molar-refractivity contribution in [2.45, 2.75) is 20.5 Å². The van der Waals surface area contributed by atoms with Gasteiger partial charge in [0.2, 0.25) is 0 Å². The Bertz CT molecular complexity index is 485. The van der Waals surface area contributed by atoms with Crippen LogP contribution in [-0.2, 0) is 11.4 Å². The quantitative estimate of drug-likeness (QED) is 0.897. The van der Waals surface area contributed by atoms with Crippen LogP contribution in [0.2, 0.25) is 0 Å². The summed E-state index contributed by atoms with van der Waals surface area (Å²) >= 11 is 0. The van der Waals surface area contributed by atoms with E-state index >= 15 is 0 Å². The number of nitrogens with zero attached hydrogens (tertiary/aromatic N) is 1. The maximum atomic E-state index is 12.0. The molecule has 1 aromatic rings. The largest absolute Gasteiger partial charge is 0.493 e. The minimum Gasteiger partial charge on any atom is -0.493 e. The van der Waals surface area contributed by atoms with Crippen LogP contribution in [0.5, 0.6) is 11.5 Å². The summed E-state index contributed by atoms with van der Waals surface area (Å²) in [5.74, 6) is 1.39. The standard InChI is InChI=1S/C14H19NO4/c1-9(2)6-15-11-4-10(7-16)5-12(18-3)14(11)19-8-13(15)17/h4-5,9,16H,6-8H2,1-3H3. The molecule has 5 nitrogen and oxygen atoms in total. The SMILES string of the molecule is COc1cc(CO)cc2c1OCC(=O)N2CC(C)C. The van der Waals surface area contributed by atoms with E-state index in [0.29, 0.717) is 35.2 Å². The fourth-order valence-corrected chi connectivity index (χ4v) is 2.14. The van der Waals surface area contributed by atoms with E-state index in [-0.39, 0.29) is 19.1 Å². The van der Waals surface area contributed by atoms with Crippen molar-refractivity contribution in [1.29, 1.82) is 0 Å². The number of aliphatic hydroxyl groups is 1. The Morgan fingerprint density at radius 1 is 1.47 bits per heavy atom. The monoisotopic (exact) mass is 265 g/mol. The molecule has 0 saturated carbocycles. The Kier molecular flexibility index (Phi) is 3.95. The van der Waals surface area contributed by atoms with Crippen molar-refractivity contribution >= 4 is 11.6 Å². The first-order valence-electron chi connectivity index (χ1n) is 6.31. The van der Waals surface area contributed by atoms with Crippen LogP contribution in [0.15, 0.2) is 12.1 Å². The number of amides is 1. The molecule has 0 bridgehead atoms. The van der Waals surface area contributed by atoms with Crippen molar-refractivity contribution in [1.82, 2.24) is 0 Å². The van der Waals surface area contributed by atoms with E-state index in [1.165, 1.54) is 0 Å². The van der Waals surface area contributed by atoms with Crippen LogP contribution in [-0.4, -0.2) is 31.3 Å². The lowest BCUT2D eigenvalue weighted by Crippen LogP contribution is -2.41. The summed E-state index contributed by atoms with van der Waals surface area (Å²) in [4.78, 5) is 13.7. The van der Waals surface area contributed by atoms with Crippen molar-refractivity contribution in [3.63, 3.8) is 0 Å². The summed E-state index contributed by atoms with van der Waals surface area (Å²) in [7, 11) is 1.54. The molecule has 1 heterocycles. The number of fused-ring (bicyclic) bond motifs is 1. The number of benzene rings is 1. The van der Waals surface area contributed by atoms with Crippen molar-refractivity contribution in [3.05, 3.63) is 17.7 Å². The van der Waals surface area contributed by atoms with Crippen LogP contribution < -0.4 is 14.4 Å². The van der Waals surface area contributed by atoms with Crippen molar-refractivity contribution in [2.24, 2.45) is 5.92 Å². The highest BCUT2D eigenvalue weighted by molar-refractivity contribution is 5.98. The fraction of sp³-hybridized carbons (Fsp3) is 0.500. The molecule has 104 valence electrons. The first kappa shape index (κ1) is 13.7. The van der Waals surface area contributed by atoms with Gasteiger partial charge < -0.3 is 19.5 Å². The van der Waals surface area contributed by atoms with Gasteiger partial charge in [0, 0.05) is 6.54 Å². The van der Waals surface area contributed by atoms with Crippen LogP contribution in [0.3, 0.4) is 0 Å². The molecule has 1 aliphatic rings. The zero-order valence-corrected chi connectivity index (χ0v) is 11.5. The Hall–Kier alpha value is -1.75. The van der Waals surface area contributed by atoms with Gasteiger partial charge in [-0.25, -0.2) is 0 Å². The smallest absolute Gasteiger partial charge is 0.265 e. The second-order valence-electron chi connectivity index (χ2n) is 4.99. The second-order valence-corrected chi connectivity index (χ2v) is 4.99. The van der Waals surface area contributed by atoms with Crippen LogP contribution in [0.1, 0.15) is 19.4 Å². The van der Waals surface area contributed by atoms with Crippen LogP contribution in [0.4, 0.5) is 5.69 Å². The molecule has 1 aromatic carbocycles. The third-order valence-electron chi connectivity index (χ3n) is 2.98. The van der Waals surface area contributed by atoms with Gasteiger partial charge in [-0.1, -0.05) is 13.8 Å². The molecule has 0 atom stereocenters. The van der Waals surface area contributed by atoms with Gasteiger partial charge in [-0.05, 0) is 23.6 Å². The first-order valence-corrected chi connectivity index (χ1v) is 6.31. The van der Waals surface area contributed by atoms with Gasteiger partial charge in [-0.3, -0.25) is 4.79 Å². The lowest BCUT2D eigenvalue weighted by Gasteiger charge is -2.31. The third kappa shape index (κ3) is 2.66. The fourth-order valence-electron chi connectivity index (χ4n) is 2.14. The normalized spacial score (nSPS) is 14.4. The van der Waals surface area contributed by atoms with Crippen LogP contribution >= 0.6 is 0 Å². The van der Waals surface area contributed by atoms with Gasteiger partial charge in [0.25, 0.3) is 5.91 Å². The molecule has 0 spiro atoms. The van der Waals surface area contributed by atoms with E-state index in [1.807, 2.05) is 0 Å². The van der Waals surface area contributed by atoms with Gasteiger partial charge >= 0.3 is 0 Å². The lowest BCUT2D eigenvalue weighted by molar-refractivity contribution is -0.121. The molecule has 0 aromatic heterocycles. The minimum atomic E-state index is -0.104. The van der Waals surface area contributed by atoms with Gasteiger partial charge in [0.05, 0.1) is 19.4 Å². The van der Waals surface area contributed by atoms with Gasteiger partial charge in [-0.15, -0.1) is 0 Å². The number of hydrogen-bond donors (Lipinski definition) is 1. The summed E-state index contributed by atoms with van der Waals surface area (Å²) in [6.45, 7) is 4.64. The van der Waals surface area contributed by atoms with E-state index in [2.05, 4.69) is 13.8 Å². The first-order chi connectivity index (χ1) is 9.06. The predicted molar refractivity (Wildman–Crippen MR) is 71.6 cm³/mol. The number of hydrogen-bond acceptors (Lipinski definition) is 4. The Labute approximate surface area is 112 Å². The molecule has 1 amide bonds. The van der Waals surface area contributed by atoms with Crippen molar-refractivity contribution < 1.29 is 19.4 Å². The zero-order chi connectivity index (χ0) is 14.0. The number of carbonyl (C=O) groups excluding carboxylic acids is 1. The van der Waals surface area contributed by atoms with Crippen molar-refractivity contribution in [2.75, 3.05) is 25.2 Å². The number of ether oxygens (including phenoxy) is 2. The molecule has 0 aliphatic carbocycles. The van der Waals surface area contributed by atoms with E-state index in [0.717, 1.165) is 0 Å². The Morgan fingerprint density at radius 3 is 2.79 bits per heavy atom. The Balaban J connectivity index is 2.50. The van der Waals surface area contributed by atoms with Gasteiger partial charge in [0.15, 0.2) is 18.1 Å². The third-order valence-corrected chi connectivity index (χ3v) is 2.98. The number of aliphatic hydroxyl groups excluding tert-OH is 1. The minimum absolute atomic E-state index is 0.0224. The number of carbonyl (C=O) groups is 1. The molecule has 1 N–H and O–H groups in total. The summed E-state index contributed by atoms with van der Waals surface area (Å²) in [6, 6.07) is 3.50. The average Bonchev–Trinajstić information content (AvgIpc) is 2.40. The maximum absolute atomic E-state index is 12.0. The summed E-state index contributed by atoms with van der Waals surface area (Å²) in [5.41, 5.74) is 1.37. The summed E-state index contributed by atoms with van der Waals surface area (Å²) in [5, 5.41) is 9.29. The van der Waals surface area contributed by atoms with Gasteiger partial charge in [0.1, 0.15) is 0 Å². The van der Waals surface area contributed by atoms with Gasteiger partial charge in [-0.2, -0.15) is 0 Å². The molecule has 0 fully saturated rings. The average molecular weight is 265 g/mol. The highest BCUT2D eigenvalue weighted by Gasteiger charge is 2.29. The van der Waals surface area contributed by atoms with Crippen LogP contribution in [0.25, 0.3) is 0 Å². The molecular formula is C14H19NO4. The maximum Gasteiger partial charge on any atom is 0.265 e. The topological polar surface area (TPSA) is 59.0 Å². The number of anilines is 1. The van der Waals surface area contributed by atoms with E-state index < -0.39 is 0 Å². The van der Waals surface area contributed by atoms with E-state index in [9.17, 15) is 9.90 Å². The molecule has 5 heteroatoms. The summed E-state index contributed by atoms with van der Waals surface area (Å²) in [6.07, 6.45) is 0. The lowest BCUT2D eigenvalue weighted by atomic mass is 10.1. The molecule has 0 saturated heterocycles. The predicted octanol–water partition coefficient (Wildman–Crippen LogP) is 1.57. The Morgan fingerprint density at radius 2 is 2.21 bits per heavy atom. The molecular weight excluding hydrogens is 246 g/mol. The van der Waals surface area contributed by atoms with Crippen LogP contribution in [0, 0.1) is 5.92 Å². The number of methoxy groups -OCH3 is 1. The highest BCUT2D eigenvalue weighted by atomic mass is 16.5. The second kappa shape index (κ2) is 5.48. The zero-order valence-electron chi connectivity index (χ0n) is 11.5. The highest BCUT2D eigenvalue weighted by Crippen LogP contribution is 2.41. The molecule has 0 unspecified atom stereocenters. The molecule has 19 heavy (non-hydrogen) atoms. The summed E-state index contributed by atoms with van der Waals surface area (Å²) < 4.78 is 10.7.